The van der Waals surface area contributed by atoms with Crippen LogP contribution in [0.1, 0.15) is 27.7 Å². The number of aromatic nitrogens is 2. The molecule has 0 aliphatic rings. The Hall–Kier alpha value is -2.23. The van der Waals surface area contributed by atoms with Crippen molar-refractivity contribution in [1.82, 2.24) is 14.6 Å². The lowest BCUT2D eigenvalue weighted by Crippen LogP contribution is -2.17. The summed E-state index contributed by atoms with van der Waals surface area (Å²) in [6, 6.07) is 11.1. The summed E-state index contributed by atoms with van der Waals surface area (Å²) in [4.78, 5) is 15.8. The van der Waals surface area contributed by atoms with Crippen molar-refractivity contribution in [2.24, 2.45) is 0 Å². The first-order valence-electron chi connectivity index (χ1n) is 6.81. The Morgan fingerprint density at radius 2 is 2.00 bits per heavy atom. The van der Waals surface area contributed by atoms with Crippen LogP contribution in [0.25, 0.3) is 10.8 Å². The molecule has 2 atom stereocenters. The standard InChI is InChI=1S/C16H16N3O2P/c1-17-16(21)13-5-3-10-6-12(4-2-11(10)7-13)15(20)14-8-19(22)9-18-14/h2-9,15,20H,22H2,1H3,(H,17,21). The zero-order valence-electron chi connectivity index (χ0n) is 12.0. The average molecular weight is 313 g/mol. The second-order valence-corrected chi connectivity index (χ2v) is 5.65. The van der Waals surface area contributed by atoms with Gasteiger partial charge in [0.1, 0.15) is 6.10 Å². The van der Waals surface area contributed by atoms with Gasteiger partial charge < -0.3 is 14.8 Å². The monoisotopic (exact) mass is 313 g/mol. The number of nitrogens with one attached hydrogen (secondary N) is 1. The maximum atomic E-state index is 11.7. The second-order valence-electron chi connectivity index (χ2n) is 5.05. The summed E-state index contributed by atoms with van der Waals surface area (Å²) in [6.07, 6.45) is 2.61. The van der Waals surface area contributed by atoms with Gasteiger partial charge in [0.15, 0.2) is 0 Å². The first kappa shape index (κ1) is 14.7. The highest BCUT2D eigenvalue weighted by Gasteiger charge is 2.14. The van der Waals surface area contributed by atoms with E-state index in [1.54, 1.807) is 30.0 Å². The fourth-order valence-electron chi connectivity index (χ4n) is 2.38. The second kappa shape index (κ2) is 5.87. The maximum absolute atomic E-state index is 11.7. The van der Waals surface area contributed by atoms with E-state index in [0.717, 1.165) is 16.3 Å². The molecule has 1 heterocycles. The van der Waals surface area contributed by atoms with Crippen LogP contribution >= 0.6 is 9.39 Å². The van der Waals surface area contributed by atoms with Gasteiger partial charge in [-0.15, -0.1) is 0 Å². The van der Waals surface area contributed by atoms with Crippen LogP contribution < -0.4 is 5.32 Å². The van der Waals surface area contributed by atoms with E-state index in [0.29, 0.717) is 11.3 Å². The van der Waals surface area contributed by atoms with Crippen molar-refractivity contribution in [3.8, 4) is 0 Å². The Kier molecular flexibility index (Phi) is 3.92. The lowest BCUT2D eigenvalue weighted by molar-refractivity contribution is 0.0963. The van der Waals surface area contributed by atoms with Gasteiger partial charge in [-0.25, -0.2) is 4.98 Å². The topological polar surface area (TPSA) is 67.2 Å². The van der Waals surface area contributed by atoms with Crippen molar-refractivity contribution >= 4 is 26.1 Å². The molecule has 0 saturated carbocycles. The Labute approximate surface area is 130 Å². The average Bonchev–Trinajstić information content (AvgIpc) is 2.98. The van der Waals surface area contributed by atoms with Gasteiger partial charge in [0, 0.05) is 18.8 Å². The van der Waals surface area contributed by atoms with E-state index in [9.17, 15) is 9.90 Å². The normalized spacial score (nSPS) is 12.3. The van der Waals surface area contributed by atoms with Crippen LogP contribution in [0.3, 0.4) is 0 Å². The highest BCUT2D eigenvalue weighted by Crippen LogP contribution is 2.25. The molecule has 5 nitrogen and oxygen atoms in total. The van der Waals surface area contributed by atoms with Gasteiger partial charge in [-0.05, 0) is 43.9 Å². The lowest BCUT2D eigenvalue weighted by Gasteiger charge is -2.10. The molecule has 0 aliphatic heterocycles. The smallest absolute Gasteiger partial charge is 0.251 e. The molecule has 2 aromatic carbocycles. The van der Waals surface area contributed by atoms with Crippen LogP contribution in [0.15, 0.2) is 48.9 Å². The molecule has 2 unspecified atom stereocenters. The predicted octanol–water partition coefficient (Wildman–Crippen LogP) is 2.12. The Morgan fingerprint density at radius 1 is 1.27 bits per heavy atom. The highest BCUT2D eigenvalue weighted by atomic mass is 31.0. The van der Waals surface area contributed by atoms with E-state index in [2.05, 4.69) is 19.7 Å². The van der Waals surface area contributed by atoms with Gasteiger partial charge in [0.25, 0.3) is 5.91 Å². The maximum Gasteiger partial charge on any atom is 0.251 e. The molecule has 6 heteroatoms. The van der Waals surface area contributed by atoms with Crippen LogP contribution in [-0.4, -0.2) is 27.4 Å². The SMILES string of the molecule is CNC(=O)c1ccc2cc(C(O)c3cn(P)cn3)ccc2c1. The minimum absolute atomic E-state index is 0.114. The summed E-state index contributed by atoms with van der Waals surface area (Å²) in [5.74, 6) is -0.114. The zero-order chi connectivity index (χ0) is 15.7. The number of aliphatic hydroxyl groups is 1. The molecule has 0 saturated heterocycles. The van der Waals surface area contributed by atoms with E-state index in [1.807, 2.05) is 30.3 Å². The van der Waals surface area contributed by atoms with Gasteiger partial charge >= 0.3 is 0 Å². The third-order valence-electron chi connectivity index (χ3n) is 3.57. The van der Waals surface area contributed by atoms with Gasteiger partial charge in [-0.1, -0.05) is 18.2 Å². The number of amides is 1. The minimum Gasteiger partial charge on any atom is -0.382 e. The minimum atomic E-state index is -0.773. The molecule has 1 amide bonds. The number of fused-ring (bicyclic) bond motifs is 1. The van der Waals surface area contributed by atoms with E-state index in [-0.39, 0.29) is 5.91 Å². The van der Waals surface area contributed by atoms with Crippen molar-refractivity contribution < 1.29 is 9.90 Å². The Bertz CT molecular complexity index is 844. The summed E-state index contributed by atoms with van der Waals surface area (Å²) in [5, 5.41) is 14.9. The molecule has 112 valence electrons. The van der Waals surface area contributed by atoms with Crippen molar-refractivity contribution in [3.63, 3.8) is 0 Å². The lowest BCUT2D eigenvalue weighted by atomic mass is 10.0. The summed E-state index contributed by atoms with van der Waals surface area (Å²) in [5.41, 5.74) is 1.98. The number of hydrogen-bond acceptors (Lipinski definition) is 3. The number of hydrogen-bond donors (Lipinski definition) is 2. The van der Waals surface area contributed by atoms with Crippen LogP contribution in [-0.2, 0) is 0 Å². The third-order valence-corrected chi connectivity index (χ3v) is 3.85. The van der Waals surface area contributed by atoms with Gasteiger partial charge in [0.2, 0.25) is 0 Å². The zero-order valence-corrected chi connectivity index (χ0v) is 13.2. The Morgan fingerprint density at radius 3 is 2.68 bits per heavy atom. The summed E-state index contributed by atoms with van der Waals surface area (Å²) >= 11 is 0. The fraction of sp³-hybridized carbons (Fsp3) is 0.125. The molecule has 0 spiro atoms. The quantitative estimate of drug-likeness (QED) is 0.728. The summed E-state index contributed by atoms with van der Waals surface area (Å²) < 4.78 is 1.72. The molecular weight excluding hydrogens is 297 g/mol. The van der Waals surface area contributed by atoms with Crippen LogP contribution in [0.5, 0.6) is 0 Å². The molecule has 1 aromatic heterocycles. The van der Waals surface area contributed by atoms with E-state index < -0.39 is 6.10 Å². The first-order chi connectivity index (χ1) is 10.6. The number of imidazole rings is 1. The van der Waals surface area contributed by atoms with Crippen LogP contribution in [0.4, 0.5) is 0 Å². The number of carbonyl (C=O) groups is 1. The molecule has 0 radical (unpaired) electrons. The van der Waals surface area contributed by atoms with Gasteiger partial charge in [0.05, 0.1) is 12.0 Å². The van der Waals surface area contributed by atoms with E-state index in [4.69, 9.17) is 0 Å². The number of aliphatic hydroxyl groups excluding tert-OH is 1. The van der Waals surface area contributed by atoms with Crippen LogP contribution in [0, 0.1) is 0 Å². The fourth-order valence-corrected chi connectivity index (χ4v) is 2.60. The van der Waals surface area contributed by atoms with Crippen LogP contribution in [0.2, 0.25) is 0 Å². The predicted molar refractivity (Wildman–Crippen MR) is 88.7 cm³/mol. The Balaban J connectivity index is 1.98. The number of benzene rings is 2. The first-order valence-corrected chi connectivity index (χ1v) is 7.33. The van der Waals surface area contributed by atoms with Gasteiger partial charge in [-0.3, -0.25) is 4.79 Å². The summed E-state index contributed by atoms with van der Waals surface area (Å²) in [7, 11) is 4.09. The van der Waals surface area contributed by atoms with E-state index >= 15 is 0 Å². The van der Waals surface area contributed by atoms with Gasteiger partial charge in [-0.2, -0.15) is 0 Å². The molecule has 3 aromatic rings. The molecule has 0 fully saturated rings. The molecule has 22 heavy (non-hydrogen) atoms. The van der Waals surface area contributed by atoms with Crippen molar-refractivity contribution in [3.05, 3.63) is 65.7 Å². The largest absolute Gasteiger partial charge is 0.382 e. The molecule has 0 aliphatic carbocycles. The number of nitrogens with zero attached hydrogens (tertiary/aromatic N) is 2. The van der Waals surface area contributed by atoms with E-state index in [1.165, 1.54) is 0 Å². The molecule has 0 bridgehead atoms. The number of rotatable bonds is 3. The highest BCUT2D eigenvalue weighted by molar-refractivity contribution is 7.14. The van der Waals surface area contributed by atoms with Crippen molar-refractivity contribution in [2.75, 3.05) is 7.05 Å². The molecular formula is C16H16N3O2P. The number of carbonyl (C=O) groups excluding carboxylic acids is 1. The van der Waals surface area contributed by atoms with Crippen molar-refractivity contribution in [2.45, 2.75) is 6.10 Å². The summed E-state index contributed by atoms with van der Waals surface area (Å²) in [6.45, 7) is 0. The third kappa shape index (κ3) is 2.73. The molecule has 3 rings (SSSR count). The van der Waals surface area contributed by atoms with Crippen molar-refractivity contribution in [1.29, 1.82) is 0 Å². The molecule has 2 N–H and O–H groups in total.